The Kier molecular flexibility index (Phi) is 3.43. The van der Waals surface area contributed by atoms with Crippen molar-refractivity contribution in [2.45, 2.75) is 51.7 Å². The molecule has 1 aliphatic rings. The molecule has 1 heterocycles. The average Bonchev–Trinajstić information content (AvgIpc) is 2.47. The molecule has 0 aromatic carbocycles. The molecule has 0 aliphatic carbocycles. The summed E-state index contributed by atoms with van der Waals surface area (Å²) >= 11 is 0. The fraction of sp³-hybridized carbons (Fsp3) is 0.833. The van der Waals surface area contributed by atoms with E-state index in [1.165, 1.54) is 0 Å². The van der Waals surface area contributed by atoms with Crippen LogP contribution in [-0.4, -0.2) is 28.6 Å². The van der Waals surface area contributed by atoms with Crippen LogP contribution < -0.4 is 0 Å². The molecule has 0 saturated carbocycles. The molecule has 4 unspecified atom stereocenters. The van der Waals surface area contributed by atoms with Gasteiger partial charge in [-0.15, -0.1) is 0 Å². The molecule has 0 aromatic heterocycles. The van der Waals surface area contributed by atoms with Gasteiger partial charge in [-0.05, 0) is 19.3 Å². The minimum Gasteiger partial charge on any atom is -0.456 e. The van der Waals surface area contributed by atoms with Crippen LogP contribution in [0.5, 0.6) is 0 Å². The number of aliphatic hydroxyl groups is 1. The largest absolute Gasteiger partial charge is 0.456 e. The van der Waals surface area contributed by atoms with Crippen molar-refractivity contribution < 1.29 is 19.4 Å². The predicted octanol–water partition coefficient (Wildman–Crippen LogP) is 1.30. The summed E-state index contributed by atoms with van der Waals surface area (Å²) in [5.41, 5.74) is -2.54. The lowest BCUT2D eigenvalue weighted by atomic mass is 9.72. The maximum Gasteiger partial charge on any atom is 0.339 e. The van der Waals surface area contributed by atoms with E-state index in [1.807, 2.05) is 13.8 Å². The summed E-state index contributed by atoms with van der Waals surface area (Å²) in [5, 5.41) is 10.4. The second-order valence-corrected chi connectivity index (χ2v) is 4.80. The summed E-state index contributed by atoms with van der Waals surface area (Å²) in [6.45, 7) is 7.18. The molecule has 16 heavy (non-hydrogen) atoms. The van der Waals surface area contributed by atoms with E-state index in [2.05, 4.69) is 0 Å². The third kappa shape index (κ3) is 1.56. The molecule has 1 fully saturated rings. The Hall–Kier alpha value is -0.900. The monoisotopic (exact) mass is 228 g/mol. The van der Waals surface area contributed by atoms with Crippen LogP contribution >= 0.6 is 0 Å². The van der Waals surface area contributed by atoms with Crippen molar-refractivity contribution in [3.63, 3.8) is 0 Å². The summed E-state index contributed by atoms with van der Waals surface area (Å²) in [6.07, 6.45) is 1.79. The van der Waals surface area contributed by atoms with Crippen molar-refractivity contribution >= 4 is 12.3 Å². The Morgan fingerprint density at radius 1 is 1.56 bits per heavy atom. The van der Waals surface area contributed by atoms with Gasteiger partial charge >= 0.3 is 5.97 Å². The van der Waals surface area contributed by atoms with E-state index < -0.39 is 23.1 Å². The molecular formula is C12H20O4. The average molecular weight is 228 g/mol. The minimum atomic E-state index is -1.67. The number of carbonyl (C=O) groups is 2. The van der Waals surface area contributed by atoms with E-state index in [0.29, 0.717) is 19.1 Å². The number of esters is 1. The summed E-state index contributed by atoms with van der Waals surface area (Å²) in [5.74, 6) is -1.74. The molecule has 4 nitrogen and oxygen atoms in total. The first kappa shape index (κ1) is 13.2. The Labute approximate surface area is 96.0 Å². The number of cyclic esters (lactones) is 1. The normalized spacial score (nSPS) is 40.6. The summed E-state index contributed by atoms with van der Waals surface area (Å²) in [7, 11) is 0. The molecule has 4 heteroatoms. The van der Waals surface area contributed by atoms with Crippen LogP contribution in [0.3, 0.4) is 0 Å². The van der Waals surface area contributed by atoms with Gasteiger partial charge in [0.2, 0.25) is 0 Å². The van der Waals surface area contributed by atoms with Crippen molar-refractivity contribution in [3.8, 4) is 0 Å². The summed E-state index contributed by atoms with van der Waals surface area (Å²) in [6, 6.07) is 0. The number of hydrogen-bond donors (Lipinski definition) is 1. The van der Waals surface area contributed by atoms with Crippen molar-refractivity contribution in [1.29, 1.82) is 0 Å². The molecule has 92 valence electrons. The summed E-state index contributed by atoms with van der Waals surface area (Å²) in [4.78, 5) is 23.0. The Bertz CT molecular complexity index is 301. The Balaban J connectivity index is 3.19. The van der Waals surface area contributed by atoms with Crippen molar-refractivity contribution in [1.82, 2.24) is 0 Å². The Morgan fingerprint density at radius 3 is 2.50 bits per heavy atom. The third-order valence-electron chi connectivity index (χ3n) is 3.99. The van der Waals surface area contributed by atoms with Crippen molar-refractivity contribution in [2.75, 3.05) is 0 Å². The second-order valence-electron chi connectivity index (χ2n) is 4.80. The zero-order valence-electron chi connectivity index (χ0n) is 10.3. The molecular weight excluding hydrogens is 208 g/mol. The molecule has 0 bridgehead atoms. The topological polar surface area (TPSA) is 63.6 Å². The second kappa shape index (κ2) is 4.17. The van der Waals surface area contributed by atoms with E-state index in [0.717, 1.165) is 0 Å². The quantitative estimate of drug-likeness (QED) is 0.582. The van der Waals surface area contributed by atoms with Gasteiger partial charge in [-0.1, -0.05) is 27.2 Å². The molecule has 1 rings (SSSR count). The van der Waals surface area contributed by atoms with E-state index in [4.69, 9.17) is 4.74 Å². The molecule has 0 radical (unpaired) electrons. The van der Waals surface area contributed by atoms with Gasteiger partial charge in [-0.25, -0.2) is 4.79 Å². The van der Waals surface area contributed by atoms with E-state index in [-0.39, 0.29) is 5.92 Å². The maximum absolute atomic E-state index is 11.8. The van der Waals surface area contributed by atoms with Crippen LogP contribution in [0.15, 0.2) is 0 Å². The fourth-order valence-electron chi connectivity index (χ4n) is 2.31. The van der Waals surface area contributed by atoms with Crippen LogP contribution in [0.4, 0.5) is 0 Å². The molecule has 1 aliphatic heterocycles. The van der Waals surface area contributed by atoms with Crippen LogP contribution in [0.2, 0.25) is 0 Å². The lowest BCUT2D eigenvalue weighted by Crippen LogP contribution is -2.50. The molecule has 0 amide bonds. The first-order valence-corrected chi connectivity index (χ1v) is 5.77. The van der Waals surface area contributed by atoms with Gasteiger partial charge in [0.15, 0.2) is 5.60 Å². The minimum absolute atomic E-state index is 0.288. The highest BCUT2D eigenvalue weighted by Crippen LogP contribution is 2.45. The van der Waals surface area contributed by atoms with Gasteiger partial charge in [-0.2, -0.15) is 0 Å². The maximum atomic E-state index is 11.8. The van der Waals surface area contributed by atoms with Gasteiger partial charge in [-0.3, -0.25) is 0 Å². The highest BCUT2D eigenvalue weighted by molar-refractivity contribution is 5.88. The highest BCUT2D eigenvalue weighted by Gasteiger charge is 2.63. The first-order chi connectivity index (χ1) is 7.36. The number of hydrogen-bond acceptors (Lipinski definition) is 4. The smallest absolute Gasteiger partial charge is 0.339 e. The number of carbonyl (C=O) groups excluding carboxylic acids is 2. The molecule has 0 aromatic rings. The lowest BCUT2D eigenvalue weighted by Gasteiger charge is -2.32. The van der Waals surface area contributed by atoms with Crippen molar-refractivity contribution in [3.05, 3.63) is 0 Å². The fourth-order valence-corrected chi connectivity index (χ4v) is 2.31. The van der Waals surface area contributed by atoms with E-state index in [1.54, 1.807) is 13.8 Å². The van der Waals surface area contributed by atoms with Gasteiger partial charge in [0.1, 0.15) is 11.9 Å². The van der Waals surface area contributed by atoms with Crippen LogP contribution in [-0.2, 0) is 14.3 Å². The molecule has 0 spiro atoms. The van der Waals surface area contributed by atoms with Crippen LogP contribution in [0, 0.1) is 11.8 Å². The standard InChI is InChI=1S/C12H20O4/c1-5-8(3)12(15)9(7-13)11(4,6-2)16-10(12)14/h7-9,15H,5-6H2,1-4H3. The van der Waals surface area contributed by atoms with Gasteiger partial charge < -0.3 is 14.6 Å². The van der Waals surface area contributed by atoms with Crippen LogP contribution in [0.1, 0.15) is 40.5 Å². The number of rotatable bonds is 4. The molecule has 4 atom stereocenters. The lowest BCUT2D eigenvalue weighted by molar-refractivity contribution is -0.162. The van der Waals surface area contributed by atoms with E-state index >= 15 is 0 Å². The number of aldehydes is 1. The SMILES string of the molecule is CCC(C)C1(O)C(=O)OC(C)(CC)C1C=O. The van der Waals surface area contributed by atoms with Crippen molar-refractivity contribution in [2.24, 2.45) is 11.8 Å². The zero-order valence-corrected chi connectivity index (χ0v) is 10.3. The molecule has 1 saturated heterocycles. The van der Waals surface area contributed by atoms with Crippen LogP contribution in [0.25, 0.3) is 0 Å². The van der Waals surface area contributed by atoms with Gasteiger partial charge in [0.25, 0.3) is 0 Å². The third-order valence-corrected chi connectivity index (χ3v) is 3.99. The molecule has 1 N–H and O–H groups in total. The van der Waals surface area contributed by atoms with Gasteiger partial charge in [0, 0.05) is 0 Å². The highest BCUT2D eigenvalue weighted by atomic mass is 16.6. The summed E-state index contributed by atoms with van der Waals surface area (Å²) < 4.78 is 5.22. The predicted molar refractivity (Wildman–Crippen MR) is 58.7 cm³/mol. The van der Waals surface area contributed by atoms with Gasteiger partial charge in [0.05, 0.1) is 5.92 Å². The van der Waals surface area contributed by atoms with E-state index in [9.17, 15) is 14.7 Å². The Morgan fingerprint density at radius 2 is 2.12 bits per heavy atom. The number of ether oxygens (including phenoxy) is 1. The zero-order chi connectivity index (χ0) is 12.6. The first-order valence-electron chi connectivity index (χ1n) is 5.77.